The van der Waals surface area contributed by atoms with Crippen molar-refractivity contribution in [1.82, 2.24) is 36.6 Å². The van der Waals surface area contributed by atoms with E-state index in [2.05, 4.69) is 36.6 Å². The maximum absolute atomic E-state index is 14.6. The molecule has 6 rings (SSSR count). The Balaban J connectivity index is 1.31. The Morgan fingerprint density at radius 2 is 1.36 bits per heavy atom. The maximum Gasteiger partial charge on any atom is 0.243 e. The predicted octanol–water partition coefficient (Wildman–Crippen LogP) is 1.44. The summed E-state index contributed by atoms with van der Waals surface area (Å²) < 4.78 is 0. The number of aromatic amines is 1. The number of rotatable bonds is 19. The number of para-hydroxylation sites is 1. The van der Waals surface area contributed by atoms with Crippen LogP contribution >= 0.6 is 11.3 Å². The van der Waals surface area contributed by atoms with Crippen molar-refractivity contribution in [3.63, 3.8) is 0 Å². The highest BCUT2D eigenvalue weighted by Gasteiger charge is 2.38. The smallest absolute Gasteiger partial charge is 0.243 e. The number of nitrogens with zero attached hydrogens (tertiary/aromatic N) is 1. The molecule has 0 aliphatic carbocycles. The minimum absolute atomic E-state index is 0.0102. The van der Waals surface area contributed by atoms with E-state index >= 15 is 0 Å². The van der Waals surface area contributed by atoms with Crippen LogP contribution in [-0.4, -0.2) is 88.8 Å². The van der Waals surface area contributed by atoms with E-state index in [-0.39, 0.29) is 25.7 Å². The van der Waals surface area contributed by atoms with E-state index in [0.29, 0.717) is 51.0 Å². The molecule has 12 N–H and O–H groups in total. The molecule has 5 amide bonds. The molecule has 2 aromatic heterocycles. The number of benzene rings is 3. The zero-order chi connectivity index (χ0) is 41.1. The van der Waals surface area contributed by atoms with Crippen LogP contribution in [0.2, 0.25) is 0 Å². The van der Waals surface area contributed by atoms with Crippen LogP contribution < -0.4 is 43.8 Å². The van der Waals surface area contributed by atoms with Gasteiger partial charge in [0.25, 0.3) is 0 Å². The average Bonchev–Trinajstić information content (AvgIpc) is 3.90. The van der Waals surface area contributed by atoms with Crippen molar-refractivity contribution in [3.8, 4) is 0 Å². The van der Waals surface area contributed by atoms with Gasteiger partial charge in [-0.15, -0.1) is 11.3 Å². The molecule has 16 heteroatoms. The SMILES string of the molecule is NCCCC[C@H](NC(=O)[C@H](Cc1cscn1)NC(=O)[C@@H](Cc1c[nH]c2ccccc12)NC(=O)[C@@H](Cc1cccc2ccccc12)NC(=O)C1(N)CCNCC1)C(N)=O. The van der Waals surface area contributed by atoms with Gasteiger partial charge in [-0.05, 0) is 79.7 Å². The Kier molecular flexibility index (Phi) is 14.2. The van der Waals surface area contributed by atoms with Crippen molar-refractivity contribution in [3.05, 3.63) is 101 Å². The molecule has 15 nitrogen and oxygen atoms in total. The van der Waals surface area contributed by atoms with Crippen molar-refractivity contribution < 1.29 is 24.0 Å². The summed E-state index contributed by atoms with van der Waals surface area (Å²) in [4.78, 5) is 76.8. The van der Waals surface area contributed by atoms with Gasteiger partial charge >= 0.3 is 0 Å². The average molecular weight is 809 g/mol. The number of aromatic nitrogens is 2. The molecule has 1 aliphatic rings. The third-order valence-corrected chi connectivity index (χ3v) is 11.4. The number of unbranched alkanes of at least 4 members (excludes halogenated alkanes) is 1. The van der Waals surface area contributed by atoms with Crippen LogP contribution in [0.4, 0.5) is 0 Å². The van der Waals surface area contributed by atoms with Gasteiger partial charge in [-0.1, -0.05) is 60.7 Å². The zero-order valence-corrected chi connectivity index (χ0v) is 33.1. The van der Waals surface area contributed by atoms with Crippen LogP contribution in [0.15, 0.2) is 83.8 Å². The van der Waals surface area contributed by atoms with Gasteiger partial charge in [-0.25, -0.2) is 4.98 Å². The molecule has 5 aromatic rings. The van der Waals surface area contributed by atoms with E-state index in [1.54, 1.807) is 17.1 Å². The lowest BCUT2D eigenvalue weighted by Crippen LogP contribution is -2.63. The van der Waals surface area contributed by atoms with Crippen molar-refractivity contribution >= 4 is 62.5 Å². The van der Waals surface area contributed by atoms with Gasteiger partial charge in [0.15, 0.2) is 0 Å². The Hall–Kier alpha value is -5.68. The fourth-order valence-electron chi connectivity index (χ4n) is 7.38. The Bertz CT molecular complexity index is 2200. The number of nitrogens with one attached hydrogen (secondary N) is 6. The summed E-state index contributed by atoms with van der Waals surface area (Å²) in [6, 6.07) is 16.6. The van der Waals surface area contributed by atoms with Crippen molar-refractivity contribution in [2.45, 2.75) is 81.1 Å². The summed E-state index contributed by atoms with van der Waals surface area (Å²) in [5.74, 6) is -3.06. The molecule has 0 spiro atoms. The second kappa shape index (κ2) is 19.7. The summed E-state index contributed by atoms with van der Waals surface area (Å²) >= 11 is 1.33. The van der Waals surface area contributed by atoms with Gasteiger partial charge in [0.05, 0.1) is 16.7 Å². The minimum atomic E-state index is -1.22. The molecule has 0 bridgehead atoms. The fraction of sp³-hybridized carbons (Fsp3) is 0.381. The van der Waals surface area contributed by atoms with Gasteiger partial charge < -0.3 is 48.8 Å². The van der Waals surface area contributed by atoms with Crippen molar-refractivity contribution in [2.24, 2.45) is 17.2 Å². The molecule has 3 heterocycles. The minimum Gasteiger partial charge on any atom is -0.368 e. The first-order valence-corrected chi connectivity index (χ1v) is 20.6. The zero-order valence-electron chi connectivity index (χ0n) is 32.3. The standard InChI is InChI=1S/C42H52N10O5S/c43-17-6-5-14-33(37(44)53)49-40(56)36(22-29-24-58-25-48-29)51-38(54)34(21-28-23-47-32-13-4-3-12-31(28)32)50-39(55)35(52-41(57)42(45)15-18-46-19-16-42)20-27-10-7-9-26-8-1-2-11-30(26)27/h1-4,7-13,23-25,33-36,46-47H,5-6,14-22,43,45H2,(H2,44,53)(H,49,56)(H,50,55)(H,51,54)(H,52,57)/t33-,34+,35+,36-/m0/s1. The molecule has 0 radical (unpaired) electrons. The highest BCUT2D eigenvalue weighted by Crippen LogP contribution is 2.23. The molecule has 3 aromatic carbocycles. The van der Waals surface area contributed by atoms with Crippen LogP contribution in [0.1, 0.15) is 48.9 Å². The molecule has 306 valence electrons. The number of thiazole rings is 1. The summed E-state index contributed by atoms with van der Waals surface area (Å²) in [5, 5.41) is 19.2. The lowest BCUT2D eigenvalue weighted by molar-refractivity contribution is -0.135. The first-order valence-electron chi connectivity index (χ1n) is 19.6. The fourth-order valence-corrected chi connectivity index (χ4v) is 7.95. The number of carbonyl (C=O) groups is 5. The molecule has 4 atom stereocenters. The first-order chi connectivity index (χ1) is 28.0. The molecule has 1 fully saturated rings. The van der Waals surface area contributed by atoms with E-state index < -0.39 is 59.2 Å². The normalized spacial score (nSPS) is 15.8. The molecule has 58 heavy (non-hydrogen) atoms. The van der Waals surface area contributed by atoms with Crippen LogP contribution in [0.25, 0.3) is 21.7 Å². The summed E-state index contributed by atoms with van der Waals surface area (Å²) in [6.45, 7) is 1.53. The summed E-state index contributed by atoms with van der Waals surface area (Å²) in [5.41, 5.74) is 21.3. The van der Waals surface area contributed by atoms with E-state index in [0.717, 1.165) is 32.8 Å². The van der Waals surface area contributed by atoms with E-state index in [1.807, 2.05) is 66.7 Å². The van der Waals surface area contributed by atoms with Gasteiger partial charge in [0.1, 0.15) is 24.2 Å². The van der Waals surface area contributed by atoms with Gasteiger partial charge in [0, 0.05) is 41.7 Å². The summed E-state index contributed by atoms with van der Waals surface area (Å²) in [6.07, 6.45) is 4.19. The monoisotopic (exact) mass is 808 g/mol. The number of hydrogen-bond donors (Lipinski definition) is 9. The third kappa shape index (κ3) is 10.6. The maximum atomic E-state index is 14.6. The lowest BCUT2D eigenvalue weighted by atomic mass is 9.88. The van der Waals surface area contributed by atoms with Crippen molar-refractivity contribution in [2.75, 3.05) is 19.6 Å². The van der Waals surface area contributed by atoms with Crippen LogP contribution in [-0.2, 0) is 43.2 Å². The van der Waals surface area contributed by atoms with Crippen LogP contribution in [0.3, 0.4) is 0 Å². The predicted molar refractivity (Wildman–Crippen MR) is 224 cm³/mol. The number of piperidine rings is 1. The van der Waals surface area contributed by atoms with Gasteiger partial charge in [-0.2, -0.15) is 0 Å². The largest absolute Gasteiger partial charge is 0.368 e. The third-order valence-electron chi connectivity index (χ3n) is 10.7. The second-order valence-electron chi connectivity index (χ2n) is 14.9. The lowest BCUT2D eigenvalue weighted by Gasteiger charge is -2.34. The van der Waals surface area contributed by atoms with E-state index in [9.17, 15) is 24.0 Å². The number of carbonyl (C=O) groups excluding carboxylic acids is 5. The quantitative estimate of drug-likeness (QED) is 0.0547. The number of H-pyrrole nitrogens is 1. The van der Waals surface area contributed by atoms with Crippen molar-refractivity contribution in [1.29, 1.82) is 0 Å². The second-order valence-corrected chi connectivity index (χ2v) is 15.6. The number of fused-ring (bicyclic) bond motifs is 2. The number of hydrogen-bond acceptors (Lipinski definition) is 10. The van der Waals surface area contributed by atoms with E-state index in [4.69, 9.17) is 17.2 Å². The van der Waals surface area contributed by atoms with Crippen LogP contribution in [0.5, 0.6) is 0 Å². The molecular weight excluding hydrogens is 757 g/mol. The Morgan fingerprint density at radius 3 is 2.05 bits per heavy atom. The number of primary amides is 1. The topological polar surface area (TPSA) is 252 Å². The van der Waals surface area contributed by atoms with Crippen LogP contribution in [0, 0.1) is 0 Å². The summed E-state index contributed by atoms with van der Waals surface area (Å²) in [7, 11) is 0. The Morgan fingerprint density at radius 1 is 0.741 bits per heavy atom. The molecule has 1 saturated heterocycles. The van der Waals surface area contributed by atoms with E-state index in [1.165, 1.54) is 11.3 Å². The molecule has 0 saturated carbocycles. The van der Waals surface area contributed by atoms with Gasteiger partial charge in [0.2, 0.25) is 29.5 Å². The molecular formula is C42H52N10O5S. The number of amides is 5. The molecule has 1 aliphatic heterocycles. The highest BCUT2D eigenvalue weighted by atomic mass is 32.1. The number of nitrogens with two attached hydrogens (primary N) is 3. The first kappa shape index (κ1) is 41.9. The molecule has 0 unspecified atom stereocenters. The highest BCUT2D eigenvalue weighted by molar-refractivity contribution is 7.07. The Labute approximate surface area is 340 Å². The van der Waals surface area contributed by atoms with Gasteiger partial charge in [-0.3, -0.25) is 24.0 Å².